The molecule has 1 fully saturated rings. The van der Waals surface area contributed by atoms with Crippen LogP contribution in [0.15, 0.2) is 60.4 Å². The summed E-state index contributed by atoms with van der Waals surface area (Å²) in [6.45, 7) is 3.79. The summed E-state index contributed by atoms with van der Waals surface area (Å²) in [5.74, 6) is 2.24. The molecule has 2 aliphatic heterocycles. The smallest absolute Gasteiger partial charge is 0.127 e. The minimum atomic E-state index is -0.0557. The number of nitrogens with two attached hydrogens (primary N) is 1. The summed E-state index contributed by atoms with van der Waals surface area (Å²) >= 11 is 0. The molecule has 2 N–H and O–H groups in total. The predicted molar refractivity (Wildman–Crippen MR) is 123 cm³/mol. The second-order valence-electron chi connectivity index (χ2n) is 8.03. The van der Waals surface area contributed by atoms with E-state index in [9.17, 15) is 0 Å². The summed E-state index contributed by atoms with van der Waals surface area (Å²) in [5.41, 5.74) is 10.9. The number of morpholine rings is 1. The molecule has 1 aromatic carbocycles. The number of ether oxygens (including phenoxy) is 3. The Morgan fingerprint density at radius 2 is 1.94 bits per heavy atom. The number of methoxy groups -OCH3 is 1. The van der Waals surface area contributed by atoms with E-state index in [4.69, 9.17) is 19.9 Å². The van der Waals surface area contributed by atoms with Gasteiger partial charge in [0, 0.05) is 48.7 Å². The molecule has 0 unspecified atom stereocenters. The summed E-state index contributed by atoms with van der Waals surface area (Å²) in [5, 5.41) is 0. The third-order valence-corrected chi connectivity index (χ3v) is 5.80. The second kappa shape index (κ2) is 8.98. The number of nitrogen functional groups attached to an aromatic ring is 1. The Hall–Kier alpha value is -3.42. The largest absolute Gasteiger partial charge is 0.497 e. The number of aromatic nitrogens is 2. The van der Waals surface area contributed by atoms with E-state index in [1.54, 1.807) is 19.4 Å². The highest BCUT2D eigenvalue weighted by Gasteiger charge is 2.24. The standard InChI is InChI=1S/C25H26N4O3/c1-30-21-4-6-23-20(11-21)10-17(16-32-23)14-29-8-9-31-24(15-29)22-5-2-18(12-27-22)19-3-7-25(26)28-13-19/h2-7,10-13,24H,8-9,14-16H2,1H3,(H2,26,28)/t24-/m1/s1. The summed E-state index contributed by atoms with van der Waals surface area (Å²) in [4.78, 5) is 11.2. The van der Waals surface area contributed by atoms with Crippen molar-refractivity contribution in [2.75, 3.05) is 45.7 Å². The molecule has 0 saturated carbocycles. The van der Waals surface area contributed by atoms with Crippen molar-refractivity contribution < 1.29 is 14.2 Å². The van der Waals surface area contributed by atoms with E-state index in [-0.39, 0.29) is 6.10 Å². The van der Waals surface area contributed by atoms with E-state index in [0.29, 0.717) is 19.0 Å². The van der Waals surface area contributed by atoms with E-state index in [2.05, 4.69) is 27.0 Å². The van der Waals surface area contributed by atoms with Crippen LogP contribution in [0, 0.1) is 0 Å². The third-order valence-electron chi connectivity index (χ3n) is 5.80. The highest BCUT2D eigenvalue weighted by molar-refractivity contribution is 5.64. The van der Waals surface area contributed by atoms with Crippen molar-refractivity contribution in [1.29, 1.82) is 0 Å². The van der Waals surface area contributed by atoms with Gasteiger partial charge in [-0.3, -0.25) is 9.88 Å². The third kappa shape index (κ3) is 4.44. The fraction of sp³-hybridized carbons (Fsp3) is 0.280. The molecule has 164 valence electrons. The van der Waals surface area contributed by atoms with Crippen molar-refractivity contribution in [2.45, 2.75) is 6.10 Å². The van der Waals surface area contributed by atoms with Crippen LogP contribution >= 0.6 is 0 Å². The first-order valence-corrected chi connectivity index (χ1v) is 10.7. The first-order chi connectivity index (χ1) is 15.7. The Bertz CT molecular complexity index is 1110. The Kier molecular flexibility index (Phi) is 5.75. The topological polar surface area (TPSA) is 82.7 Å². The molecule has 32 heavy (non-hydrogen) atoms. The first kappa shape index (κ1) is 20.5. The van der Waals surface area contributed by atoms with Crippen LogP contribution in [0.2, 0.25) is 0 Å². The van der Waals surface area contributed by atoms with Gasteiger partial charge in [-0.15, -0.1) is 0 Å². The van der Waals surface area contributed by atoms with Gasteiger partial charge in [0.15, 0.2) is 0 Å². The molecule has 2 aromatic heterocycles. The molecule has 7 nitrogen and oxygen atoms in total. The maximum atomic E-state index is 6.03. The van der Waals surface area contributed by atoms with Crippen LogP contribution in [0.3, 0.4) is 0 Å². The van der Waals surface area contributed by atoms with Gasteiger partial charge in [0.25, 0.3) is 0 Å². The van der Waals surface area contributed by atoms with Crippen LogP contribution < -0.4 is 15.2 Å². The van der Waals surface area contributed by atoms with Gasteiger partial charge in [-0.1, -0.05) is 6.07 Å². The number of anilines is 1. The summed E-state index contributed by atoms with van der Waals surface area (Å²) in [6, 6.07) is 13.7. The fourth-order valence-corrected chi connectivity index (χ4v) is 4.08. The van der Waals surface area contributed by atoms with Crippen LogP contribution in [-0.4, -0.2) is 54.8 Å². The minimum absolute atomic E-state index is 0.0557. The molecule has 0 bridgehead atoms. The van der Waals surface area contributed by atoms with Crippen molar-refractivity contribution in [1.82, 2.24) is 14.9 Å². The zero-order chi connectivity index (χ0) is 21.9. The van der Waals surface area contributed by atoms with Gasteiger partial charge in [0.1, 0.15) is 30.0 Å². The van der Waals surface area contributed by atoms with Crippen molar-refractivity contribution in [3.8, 4) is 22.6 Å². The lowest BCUT2D eigenvalue weighted by molar-refractivity contribution is -0.0294. The van der Waals surface area contributed by atoms with Crippen molar-refractivity contribution >= 4 is 11.9 Å². The second-order valence-corrected chi connectivity index (χ2v) is 8.03. The Morgan fingerprint density at radius 3 is 2.69 bits per heavy atom. The fourth-order valence-electron chi connectivity index (χ4n) is 4.08. The zero-order valence-corrected chi connectivity index (χ0v) is 18.0. The van der Waals surface area contributed by atoms with E-state index < -0.39 is 0 Å². The average Bonchev–Trinajstić information content (AvgIpc) is 2.84. The minimum Gasteiger partial charge on any atom is -0.497 e. The molecule has 0 aliphatic carbocycles. The van der Waals surface area contributed by atoms with Crippen LogP contribution in [-0.2, 0) is 4.74 Å². The zero-order valence-electron chi connectivity index (χ0n) is 18.0. The predicted octanol–water partition coefficient (Wildman–Crippen LogP) is 3.58. The molecular weight excluding hydrogens is 404 g/mol. The van der Waals surface area contributed by atoms with Crippen LogP contribution in [0.4, 0.5) is 5.82 Å². The first-order valence-electron chi connectivity index (χ1n) is 10.7. The van der Waals surface area contributed by atoms with Crippen LogP contribution in [0.5, 0.6) is 11.5 Å². The number of rotatable bonds is 5. The van der Waals surface area contributed by atoms with E-state index >= 15 is 0 Å². The van der Waals surface area contributed by atoms with Crippen LogP contribution in [0.1, 0.15) is 17.4 Å². The van der Waals surface area contributed by atoms with E-state index in [1.807, 2.05) is 36.5 Å². The number of benzene rings is 1. The normalized spacial score (nSPS) is 18.4. The molecular formula is C25H26N4O3. The number of nitrogens with zero attached hydrogens (tertiary/aromatic N) is 3. The molecule has 2 aliphatic rings. The highest BCUT2D eigenvalue weighted by atomic mass is 16.5. The molecule has 1 atom stereocenters. The van der Waals surface area contributed by atoms with E-state index in [1.165, 1.54) is 5.57 Å². The SMILES string of the molecule is COc1ccc2c(c1)C=C(CN1CCO[C@@H](c3ccc(-c4ccc(N)nc4)cn3)C1)CO2. The van der Waals surface area contributed by atoms with Crippen molar-refractivity contribution in [3.05, 3.63) is 71.7 Å². The molecule has 0 radical (unpaired) electrons. The van der Waals surface area contributed by atoms with Crippen LogP contribution in [0.25, 0.3) is 17.2 Å². The maximum Gasteiger partial charge on any atom is 0.127 e. The Labute approximate surface area is 187 Å². The van der Waals surface area contributed by atoms with Crippen molar-refractivity contribution in [2.24, 2.45) is 0 Å². The summed E-state index contributed by atoms with van der Waals surface area (Å²) in [6.07, 6.45) is 5.78. The molecule has 4 heterocycles. The van der Waals surface area contributed by atoms with Gasteiger partial charge in [-0.25, -0.2) is 4.98 Å². The van der Waals surface area contributed by atoms with Gasteiger partial charge < -0.3 is 19.9 Å². The van der Waals surface area contributed by atoms with Gasteiger partial charge in [0.05, 0.1) is 19.4 Å². The highest BCUT2D eigenvalue weighted by Crippen LogP contribution is 2.31. The lowest BCUT2D eigenvalue weighted by Crippen LogP contribution is -2.40. The molecule has 0 spiro atoms. The van der Waals surface area contributed by atoms with Gasteiger partial charge in [0.2, 0.25) is 0 Å². The molecule has 0 amide bonds. The number of pyridine rings is 2. The maximum absolute atomic E-state index is 6.03. The molecule has 3 aromatic rings. The van der Waals surface area contributed by atoms with Gasteiger partial charge >= 0.3 is 0 Å². The van der Waals surface area contributed by atoms with Crippen molar-refractivity contribution in [3.63, 3.8) is 0 Å². The van der Waals surface area contributed by atoms with E-state index in [0.717, 1.165) is 53.5 Å². The molecule has 5 rings (SSSR count). The molecule has 1 saturated heterocycles. The number of hydrogen-bond donors (Lipinski definition) is 1. The number of fused-ring (bicyclic) bond motifs is 1. The van der Waals surface area contributed by atoms with Gasteiger partial charge in [-0.2, -0.15) is 0 Å². The number of hydrogen-bond acceptors (Lipinski definition) is 7. The lowest BCUT2D eigenvalue weighted by atomic mass is 10.1. The summed E-state index contributed by atoms with van der Waals surface area (Å²) in [7, 11) is 1.68. The quantitative estimate of drug-likeness (QED) is 0.662. The average molecular weight is 431 g/mol. The Morgan fingerprint density at radius 1 is 1.09 bits per heavy atom. The lowest BCUT2D eigenvalue weighted by Gasteiger charge is -2.33. The summed E-state index contributed by atoms with van der Waals surface area (Å²) < 4.78 is 17.3. The monoisotopic (exact) mass is 430 g/mol. The Balaban J connectivity index is 1.25. The molecule has 7 heteroatoms. The van der Waals surface area contributed by atoms with Gasteiger partial charge in [-0.05, 0) is 48.0 Å².